The molecule has 3 nitrogen and oxygen atoms in total. The Hall–Kier alpha value is -0.513. The first-order valence-corrected chi connectivity index (χ1v) is 3.15. The van der Waals surface area contributed by atoms with Gasteiger partial charge in [0.1, 0.15) is 0 Å². The van der Waals surface area contributed by atoms with E-state index < -0.39 is 6.09 Å². The zero-order chi connectivity index (χ0) is 4.99. The molecule has 0 spiro atoms. The summed E-state index contributed by atoms with van der Waals surface area (Å²) in [6.45, 7) is 0. The summed E-state index contributed by atoms with van der Waals surface area (Å²) in [6.07, 6.45) is -0.306. The van der Waals surface area contributed by atoms with Crippen molar-refractivity contribution >= 4 is 16.3 Å². The Morgan fingerprint density at radius 3 is 2.50 bits per heavy atom. The first-order valence-electron chi connectivity index (χ1n) is 1.74. The maximum atomic E-state index is 9.51. The summed E-state index contributed by atoms with van der Waals surface area (Å²) in [7, 11) is 0.895. The minimum atomic E-state index is -0.926. The van der Waals surface area contributed by atoms with Gasteiger partial charge in [-0.1, -0.05) is 0 Å². The van der Waals surface area contributed by atoms with Crippen LogP contribution in [-0.4, -0.2) is 27.6 Å². The summed E-state index contributed by atoms with van der Waals surface area (Å²) >= 11 is 0. The van der Waals surface area contributed by atoms with Gasteiger partial charge in [-0.15, -0.1) is 0 Å². The lowest BCUT2D eigenvalue weighted by Crippen LogP contribution is -2.21. The van der Waals surface area contributed by atoms with E-state index >= 15 is 0 Å². The maximum Gasteiger partial charge on any atom is 0.404 e. The summed E-state index contributed by atoms with van der Waals surface area (Å²) in [5, 5.41) is 10.0. The minimum Gasteiger partial charge on any atom is -0.465 e. The van der Waals surface area contributed by atoms with Gasteiger partial charge in [0.25, 0.3) is 0 Å². The van der Waals surface area contributed by atoms with E-state index in [4.69, 9.17) is 5.11 Å². The second-order valence-corrected chi connectivity index (χ2v) is 1.54. The average Bonchev–Trinajstić information content (AvgIpc) is 1.35. The van der Waals surface area contributed by atoms with Crippen LogP contribution in [0.4, 0.5) is 4.79 Å². The van der Waals surface area contributed by atoms with Crippen LogP contribution in [0.3, 0.4) is 0 Å². The third-order valence-corrected chi connectivity index (χ3v) is 0.682. The monoisotopic (exact) mass is 105 g/mol. The Morgan fingerprint density at radius 2 is 2.50 bits per heavy atom. The number of hydrogen-bond donors (Lipinski definition) is 2. The van der Waals surface area contributed by atoms with E-state index in [1.165, 1.54) is 0 Å². The van der Waals surface area contributed by atoms with E-state index in [2.05, 4.69) is 5.32 Å². The molecule has 0 rings (SSSR count). The zero-order valence-corrected chi connectivity index (χ0v) is 5.56. The van der Waals surface area contributed by atoms with Crippen molar-refractivity contribution in [2.24, 2.45) is 0 Å². The molecule has 0 heterocycles. The quantitative estimate of drug-likeness (QED) is 0.402. The Balaban J connectivity index is 2.83. The molecule has 0 fully saturated rings. The predicted octanol–water partition coefficient (Wildman–Crippen LogP) is -1.42. The van der Waals surface area contributed by atoms with Crippen LogP contribution >= 0.6 is 0 Å². The normalized spacial score (nSPS) is 8.00. The number of rotatable bonds is 1. The van der Waals surface area contributed by atoms with Crippen molar-refractivity contribution in [1.29, 1.82) is 0 Å². The minimum absolute atomic E-state index is 0.620. The summed E-state index contributed by atoms with van der Waals surface area (Å²) in [6, 6.07) is 0. The van der Waals surface area contributed by atoms with E-state index in [-0.39, 0.29) is 0 Å². The van der Waals surface area contributed by atoms with Gasteiger partial charge in [-0.05, 0) is 0 Å². The maximum absolute atomic E-state index is 9.51. The molecule has 0 saturated carbocycles. The molecule has 0 unspecified atom stereocenters. The lowest BCUT2D eigenvalue weighted by molar-refractivity contribution is 0.196. The standard InChI is InChI=1S/C2H7NO2Si/c4-2(5)3-1-6/h3H,1H2,6H3,(H,4,5). The van der Waals surface area contributed by atoms with Gasteiger partial charge in [0, 0.05) is 16.4 Å². The van der Waals surface area contributed by atoms with Gasteiger partial charge in [0.05, 0.1) is 0 Å². The second kappa shape index (κ2) is 2.71. The van der Waals surface area contributed by atoms with E-state index in [0.29, 0.717) is 6.17 Å². The molecule has 0 radical (unpaired) electrons. The predicted molar refractivity (Wildman–Crippen MR) is 26.0 cm³/mol. The van der Waals surface area contributed by atoms with Crippen LogP contribution in [-0.2, 0) is 0 Å². The second-order valence-electron chi connectivity index (χ2n) is 0.835. The molecule has 0 aliphatic rings. The summed E-state index contributed by atoms with van der Waals surface area (Å²) in [5.41, 5.74) is 0. The van der Waals surface area contributed by atoms with Gasteiger partial charge in [-0.25, -0.2) is 4.79 Å². The molecule has 0 aliphatic carbocycles. The number of carbonyl (C=O) groups is 1. The molecule has 36 valence electrons. The molecule has 0 atom stereocenters. The molecule has 2 N–H and O–H groups in total. The topological polar surface area (TPSA) is 49.3 Å². The van der Waals surface area contributed by atoms with E-state index in [1.54, 1.807) is 0 Å². The lowest BCUT2D eigenvalue weighted by atomic mass is 11.1. The van der Waals surface area contributed by atoms with Crippen LogP contribution in [0.25, 0.3) is 0 Å². The lowest BCUT2D eigenvalue weighted by Gasteiger charge is -1.87. The zero-order valence-electron chi connectivity index (χ0n) is 3.56. The molecule has 4 heteroatoms. The summed E-state index contributed by atoms with van der Waals surface area (Å²) in [5.74, 6) is 0. The van der Waals surface area contributed by atoms with Gasteiger partial charge in [-0.2, -0.15) is 0 Å². The van der Waals surface area contributed by atoms with Crippen LogP contribution in [0.15, 0.2) is 0 Å². The van der Waals surface area contributed by atoms with Gasteiger partial charge in [-0.3, -0.25) is 0 Å². The fourth-order valence-electron chi connectivity index (χ4n) is 0.151. The van der Waals surface area contributed by atoms with Gasteiger partial charge < -0.3 is 10.4 Å². The van der Waals surface area contributed by atoms with Crippen molar-refractivity contribution in [1.82, 2.24) is 5.32 Å². The fourth-order valence-corrected chi connectivity index (χ4v) is 0.454. The number of nitrogens with one attached hydrogen (secondary N) is 1. The highest BCUT2D eigenvalue weighted by Crippen LogP contribution is 1.51. The van der Waals surface area contributed by atoms with Crippen molar-refractivity contribution in [2.75, 3.05) is 6.17 Å². The third kappa shape index (κ3) is 3.49. The molecule has 0 aromatic carbocycles. The van der Waals surface area contributed by atoms with Gasteiger partial charge >= 0.3 is 6.09 Å². The smallest absolute Gasteiger partial charge is 0.404 e. The van der Waals surface area contributed by atoms with Crippen molar-refractivity contribution < 1.29 is 9.90 Å². The van der Waals surface area contributed by atoms with Crippen LogP contribution in [0, 0.1) is 0 Å². The van der Waals surface area contributed by atoms with Crippen LogP contribution < -0.4 is 5.32 Å². The van der Waals surface area contributed by atoms with Crippen molar-refractivity contribution in [2.45, 2.75) is 0 Å². The Kier molecular flexibility index (Phi) is 2.48. The first-order chi connectivity index (χ1) is 2.77. The molecule has 0 aromatic heterocycles. The van der Waals surface area contributed by atoms with Crippen molar-refractivity contribution in [3.8, 4) is 0 Å². The highest BCUT2D eigenvalue weighted by atomic mass is 28.1. The largest absolute Gasteiger partial charge is 0.465 e. The molecule has 0 saturated heterocycles. The highest BCUT2D eigenvalue weighted by molar-refractivity contribution is 6.09. The van der Waals surface area contributed by atoms with E-state index in [1.807, 2.05) is 0 Å². The molecule has 0 aromatic rings. The Bertz CT molecular complexity index is 55.5. The van der Waals surface area contributed by atoms with Crippen LogP contribution in [0.5, 0.6) is 0 Å². The summed E-state index contributed by atoms with van der Waals surface area (Å²) in [4.78, 5) is 9.51. The average molecular weight is 105 g/mol. The summed E-state index contributed by atoms with van der Waals surface area (Å²) < 4.78 is 0. The number of amides is 1. The third-order valence-electron chi connectivity index (χ3n) is 0.328. The van der Waals surface area contributed by atoms with Crippen LogP contribution in [0.2, 0.25) is 0 Å². The number of hydrogen-bond acceptors (Lipinski definition) is 1. The molecular formula is C2H7NO2Si. The fraction of sp³-hybridized carbons (Fsp3) is 0.500. The highest BCUT2D eigenvalue weighted by Gasteiger charge is 1.82. The SMILES string of the molecule is O=C(O)NC[SiH3]. The Morgan fingerprint density at radius 1 is 2.00 bits per heavy atom. The first kappa shape index (κ1) is 5.49. The van der Waals surface area contributed by atoms with Gasteiger partial charge in [0.15, 0.2) is 0 Å². The molecule has 6 heavy (non-hydrogen) atoms. The molecule has 0 aliphatic heterocycles. The number of carboxylic acid groups (broad SMARTS) is 1. The molecule has 0 bridgehead atoms. The van der Waals surface area contributed by atoms with Crippen LogP contribution in [0.1, 0.15) is 0 Å². The Labute approximate surface area is 38.8 Å². The van der Waals surface area contributed by atoms with Gasteiger partial charge in [0.2, 0.25) is 0 Å². The molecule has 1 amide bonds. The van der Waals surface area contributed by atoms with Crippen molar-refractivity contribution in [3.05, 3.63) is 0 Å². The van der Waals surface area contributed by atoms with E-state index in [9.17, 15) is 4.79 Å². The van der Waals surface area contributed by atoms with Crippen molar-refractivity contribution in [3.63, 3.8) is 0 Å². The molecular weight excluding hydrogens is 98.1 g/mol. The van der Waals surface area contributed by atoms with E-state index in [0.717, 1.165) is 10.2 Å².